The molecule has 0 atom stereocenters. The molecule has 0 saturated carbocycles. The molecule has 0 aliphatic heterocycles. The second-order valence-electron chi connectivity index (χ2n) is 3.05. The van der Waals surface area contributed by atoms with Crippen molar-refractivity contribution < 1.29 is 4.79 Å². The first-order valence-electron chi connectivity index (χ1n) is 4.94. The summed E-state index contributed by atoms with van der Waals surface area (Å²) in [5.41, 5.74) is 5.14. The number of nitrogens with zero attached hydrogens (tertiary/aromatic N) is 1. The molecular weight excluding hydrogens is 192 g/mol. The minimum atomic E-state index is -0.118. The van der Waals surface area contributed by atoms with Crippen LogP contribution in [0.25, 0.3) is 0 Å². The molecule has 0 bridgehead atoms. The van der Waals surface area contributed by atoms with E-state index in [1.165, 1.54) is 0 Å². The summed E-state index contributed by atoms with van der Waals surface area (Å²) in [7, 11) is 0. The molecule has 0 radical (unpaired) electrons. The molecule has 4 N–H and O–H groups in total. The van der Waals surface area contributed by atoms with Crippen molar-refractivity contribution in [1.82, 2.24) is 10.3 Å². The van der Waals surface area contributed by atoms with Gasteiger partial charge in [-0.1, -0.05) is 6.07 Å². The van der Waals surface area contributed by atoms with Gasteiger partial charge in [-0.25, -0.2) is 4.98 Å². The van der Waals surface area contributed by atoms with Gasteiger partial charge in [-0.15, -0.1) is 0 Å². The Hall–Kier alpha value is -1.62. The first kappa shape index (κ1) is 11.5. The van der Waals surface area contributed by atoms with Crippen LogP contribution in [0.3, 0.4) is 0 Å². The maximum Gasteiger partial charge on any atom is 0.233 e. The van der Waals surface area contributed by atoms with Crippen LogP contribution in [0.1, 0.15) is 6.42 Å². The minimum absolute atomic E-state index is 0.0493. The van der Waals surface area contributed by atoms with Crippen LogP contribution in [-0.2, 0) is 4.79 Å². The molecule has 1 amide bonds. The molecule has 0 aromatic carbocycles. The van der Waals surface area contributed by atoms with Gasteiger partial charge in [-0.05, 0) is 18.6 Å². The quantitative estimate of drug-likeness (QED) is 0.573. The summed E-state index contributed by atoms with van der Waals surface area (Å²) in [6.07, 6.45) is 2.58. The van der Waals surface area contributed by atoms with E-state index in [-0.39, 0.29) is 12.5 Å². The fourth-order valence-corrected chi connectivity index (χ4v) is 1.07. The fourth-order valence-electron chi connectivity index (χ4n) is 1.07. The number of hydrogen-bond donors (Lipinski definition) is 3. The van der Waals surface area contributed by atoms with Gasteiger partial charge in [-0.3, -0.25) is 4.79 Å². The molecule has 0 aliphatic carbocycles. The highest BCUT2D eigenvalue weighted by Crippen LogP contribution is 1.98. The van der Waals surface area contributed by atoms with Gasteiger partial charge in [0.15, 0.2) is 0 Å². The van der Waals surface area contributed by atoms with E-state index in [0.717, 1.165) is 18.8 Å². The van der Waals surface area contributed by atoms with Crippen LogP contribution in [0.4, 0.5) is 5.82 Å². The lowest BCUT2D eigenvalue weighted by Gasteiger charge is -2.05. The molecular formula is C10H16N4O. The highest BCUT2D eigenvalue weighted by Gasteiger charge is 1.95. The van der Waals surface area contributed by atoms with Gasteiger partial charge < -0.3 is 16.4 Å². The van der Waals surface area contributed by atoms with Crippen LogP contribution in [0.5, 0.6) is 0 Å². The van der Waals surface area contributed by atoms with E-state index in [0.29, 0.717) is 6.54 Å². The largest absolute Gasteiger partial charge is 0.370 e. The van der Waals surface area contributed by atoms with Gasteiger partial charge in [-0.2, -0.15) is 0 Å². The Kier molecular flexibility index (Phi) is 5.18. The lowest BCUT2D eigenvalue weighted by molar-refractivity contribution is -0.119. The molecule has 0 aliphatic rings. The highest BCUT2D eigenvalue weighted by molar-refractivity contribution is 5.77. The van der Waals surface area contributed by atoms with Crippen LogP contribution in [0.15, 0.2) is 24.4 Å². The Bertz CT molecular complexity index is 289. The second kappa shape index (κ2) is 6.78. The molecule has 1 heterocycles. The number of aromatic nitrogens is 1. The number of anilines is 1. The molecule has 15 heavy (non-hydrogen) atoms. The predicted molar refractivity (Wildman–Crippen MR) is 59.4 cm³/mol. The number of nitrogens with two attached hydrogens (primary N) is 1. The molecule has 0 saturated heterocycles. The van der Waals surface area contributed by atoms with Crippen molar-refractivity contribution in [3.05, 3.63) is 24.4 Å². The number of rotatable bonds is 6. The Morgan fingerprint density at radius 3 is 2.93 bits per heavy atom. The Balaban J connectivity index is 2.05. The molecule has 5 heteroatoms. The molecule has 82 valence electrons. The third kappa shape index (κ3) is 4.97. The summed E-state index contributed by atoms with van der Waals surface area (Å²) in [6, 6.07) is 5.69. The van der Waals surface area contributed by atoms with Gasteiger partial charge in [0, 0.05) is 19.3 Å². The number of pyridine rings is 1. The summed E-state index contributed by atoms with van der Waals surface area (Å²) in [6.45, 7) is 1.46. The fraction of sp³-hybridized carbons (Fsp3) is 0.400. The number of carbonyl (C=O) groups excluding carboxylic acids is 1. The molecule has 0 spiro atoms. The van der Waals surface area contributed by atoms with Crippen LogP contribution in [0.2, 0.25) is 0 Å². The highest BCUT2D eigenvalue weighted by atomic mass is 16.1. The lowest BCUT2D eigenvalue weighted by Crippen LogP contribution is -2.31. The van der Waals surface area contributed by atoms with Crippen molar-refractivity contribution in [3.63, 3.8) is 0 Å². The zero-order valence-corrected chi connectivity index (χ0v) is 8.57. The summed E-state index contributed by atoms with van der Waals surface area (Å²) in [5.74, 6) is 0.732. The third-order valence-electron chi connectivity index (χ3n) is 1.83. The summed E-state index contributed by atoms with van der Waals surface area (Å²) >= 11 is 0. The van der Waals surface area contributed by atoms with Gasteiger partial charge in [0.05, 0.1) is 6.54 Å². The van der Waals surface area contributed by atoms with Crippen molar-refractivity contribution in [3.8, 4) is 0 Å². The maximum atomic E-state index is 10.8. The van der Waals surface area contributed by atoms with Gasteiger partial charge in [0.25, 0.3) is 0 Å². The van der Waals surface area contributed by atoms with E-state index in [9.17, 15) is 4.79 Å². The lowest BCUT2D eigenvalue weighted by atomic mass is 10.4. The number of nitrogens with one attached hydrogen (secondary N) is 2. The zero-order chi connectivity index (χ0) is 10.9. The van der Waals surface area contributed by atoms with E-state index < -0.39 is 0 Å². The Labute approximate surface area is 89.1 Å². The molecule has 0 fully saturated rings. The molecule has 1 aromatic rings. The Morgan fingerprint density at radius 1 is 1.40 bits per heavy atom. The average Bonchev–Trinajstić information content (AvgIpc) is 2.29. The van der Waals surface area contributed by atoms with E-state index in [1.807, 2.05) is 18.2 Å². The van der Waals surface area contributed by atoms with Crippen LogP contribution >= 0.6 is 0 Å². The van der Waals surface area contributed by atoms with Crippen LogP contribution in [0, 0.1) is 0 Å². The van der Waals surface area contributed by atoms with Crippen molar-refractivity contribution in [2.45, 2.75) is 6.42 Å². The minimum Gasteiger partial charge on any atom is -0.370 e. The van der Waals surface area contributed by atoms with E-state index in [1.54, 1.807) is 6.20 Å². The van der Waals surface area contributed by atoms with Crippen molar-refractivity contribution in [2.75, 3.05) is 25.0 Å². The number of carbonyl (C=O) groups is 1. The van der Waals surface area contributed by atoms with E-state index in [2.05, 4.69) is 15.6 Å². The average molecular weight is 208 g/mol. The van der Waals surface area contributed by atoms with Crippen molar-refractivity contribution in [1.29, 1.82) is 0 Å². The normalized spacial score (nSPS) is 9.67. The molecule has 1 aromatic heterocycles. The first-order chi connectivity index (χ1) is 7.33. The maximum absolute atomic E-state index is 10.8. The number of amides is 1. The number of hydrogen-bond acceptors (Lipinski definition) is 4. The standard InChI is InChI=1S/C10H16N4O/c11-8-10(15)14-7-3-6-13-9-4-1-2-5-12-9/h1-2,4-5H,3,6-8,11H2,(H,12,13)(H,14,15). The SMILES string of the molecule is NCC(=O)NCCCNc1ccccn1. The summed E-state index contributed by atoms with van der Waals surface area (Å²) < 4.78 is 0. The van der Waals surface area contributed by atoms with Crippen molar-refractivity contribution >= 4 is 11.7 Å². The molecule has 0 unspecified atom stereocenters. The van der Waals surface area contributed by atoms with Crippen molar-refractivity contribution in [2.24, 2.45) is 5.73 Å². The molecule has 1 rings (SSSR count). The van der Waals surface area contributed by atoms with Gasteiger partial charge >= 0.3 is 0 Å². The van der Waals surface area contributed by atoms with E-state index in [4.69, 9.17) is 5.73 Å². The third-order valence-corrected chi connectivity index (χ3v) is 1.83. The van der Waals surface area contributed by atoms with Gasteiger partial charge in [0.2, 0.25) is 5.91 Å². The summed E-state index contributed by atoms with van der Waals surface area (Å²) in [4.78, 5) is 14.9. The van der Waals surface area contributed by atoms with E-state index >= 15 is 0 Å². The smallest absolute Gasteiger partial charge is 0.233 e. The van der Waals surface area contributed by atoms with Crippen LogP contribution in [-0.4, -0.2) is 30.5 Å². The molecule has 5 nitrogen and oxygen atoms in total. The van der Waals surface area contributed by atoms with Gasteiger partial charge in [0.1, 0.15) is 5.82 Å². The van der Waals surface area contributed by atoms with Crippen LogP contribution < -0.4 is 16.4 Å². The first-order valence-corrected chi connectivity index (χ1v) is 4.94. The zero-order valence-electron chi connectivity index (χ0n) is 8.57. The Morgan fingerprint density at radius 2 is 2.27 bits per heavy atom. The topological polar surface area (TPSA) is 80.0 Å². The second-order valence-corrected chi connectivity index (χ2v) is 3.05. The monoisotopic (exact) mass is 208 g/mol. The summed E-state index contributed by atoms with van der Waals surface area (Å²) in [5, 5.41) is 5.84. The predicted octanol–water partition coefficient (Wildman–Crippen LogP) is -0.0415.